The van der Waals surface area contributed by atoms with E-state index in [0.29, 0.717) is 17.7 Å². The molecule has 5 heteroatoms. The standard InChI is InChI=1S/C12H17N3O2/c16-11(13-7-8-3-1-2-4-8)12-14-10(15-17-12)9-5-6-9/h8-9H,1-7H2,(H,13,16). The Balaban J connectivity index is 1.53. The molecule has 0 radical (unpaired) electrons. The lowest BCUT2D eigenvalue weighted by Gasteiger charge is -2.08. The van der Waals surface area contributed by atoms with Gasteiger partial charge in [0.1, 0.15) is 0 Å². The summed E-state index contributed by atoms with van der Waals surface area (Å²) in [6.07, 6.45) is 7.24. The van der Waals surface area contributed by atoms with Crippen molar-refractivity contribution in [2.45, 2.75) is 44.4 Å². The van der Waals surface area contributed by atoms with Crippen molar-refractivity contribution in [3.63, 3.8) is 0 Å². The fourth-order valence-corrected chi connectivity index (χ4v) is 2.36. The van der Waals surface area contributed by atoms with Gasteiger partial charge < -0.3 is 9.84 Å². The second-order valence-electron chi connectivity index (χ2n) is 5.09. The SMILES string of the molecule is O=C(NCC1CCCC1)c1nc(C2CC2)no1. The average Bonchev–Trinajstić information content (AvgIpc) is 2.88. The minimum Gasteiger partial charge on any atom is -0.348 e. The number of hydrogen-bond acceptors (Lipinski definition) is 4. The van der Waals surface area contributed by atoms with Gasteiger partial charge in [-0.3, -0.25) is 4.79 Å². The topological polar surface area (TPSA) is 68.0 Å². The van der Waals surface area contributed by atoms with E-state index in [4.69, 9.17) is 4.52 Å². The van der Waals surface area contributed by atoms with Crippen LogP contribution in [0.2, 0.25) is 0 Å². The first-order valence-electron chi connectivity index (χ1n) is 6.45. The molecule has 0 saturated heterocycles. The molecule has 17 heavy (non-hydrogen) atoms. The number of nitrogens with one attached hydrogen (secondary N) is 1. The molecule has 0 aromatic carbocycles. The summed E-state index contributed by atoms with van der Waals surface area (Å²) in [7, 11) is 0. The number of amides is 1. The van der Waals surface area contributed by atoms with Crippen LogP contribution in [0.4, 0.5) is 0 Å². The summed E-state index contributed by atoms with van der Waals surface area (Å²) in [5.41, 5.74) is 0. The number of carbonyl (C=O) groups is 1. The number of carbonyl (C=O) groups excluding carboxylic acids is 1. The first-order chi connectivity index (χ1) is 8.33. The highest BCUT2D eigenvalue weighted by Gasteiger charge is 2.30. The van der Waals surface area contributed by atoms with Gasteiger partial charge in [0.05, 0.1) is 0 Å². The second kappa shape index (κ2) is 4.47. The fourth-order valence-electron chi connectivity index (χ4n) is 2.36. The van der Waals surface area contributed by atoms with Crippen LogP contribution in [0, 0.1) is 5.92 Å². The summed E-state index contributed by atoms with van der Waals surface area (Å²) in [4.78, 5) is 15.9. The third-order valence-corrected chi connectivity index (χ3v) is 3.60. The molecular formula is C12H17N3O2. The summed E-state index contributed by atoms with van der Waals surface area (Å²) < 4.78 is 4.97. The summed E-state index contributed by atoms with van der Waals surface area (Å²) in [6.45, 7) is 0.736. The Labute approximate surface area is 100.0 Å². The van der Waals surface area contributed by atoms with E-state index in [1.807, 2.05) is 0 Å². The molecule has 0 bridgehead atoms. The van der Waals surface area contributed by atoms with Crippen molar-refractivity contribution in [2.24, 2.45) is 5.92 Å². The Morgan fingerprint density at radius 1 is 1.29 bits per heavy atom. The van der Waals surface area contributed by atoms with Crippen molar-refractivity contribution in [1.29, 1.82) is 0 Å². The molecule has 3 rings (SSSR count). The van der Waals surface area contributed by atoms with Crippen molar-refractivity contribution in [1.82, 2.24) is 15.5 Å². The lowest BCUT2D eigenvalue weighted by atomic mass is 10.1. The molecule has 1 N–H and O–H groups in total. The van der Waals surface area contributed by atoms with Gasteiger partial charge in [-0.05, 0) is 31.6 Å². The molecule has 0 spiro atoms. The van der Waals surface area contributed by atoms with Crippen LogP contribution >= 0.6 is 0 Å². The van der Waals surface area contributed by atoms with Crippen LogP contribution in [0.1, 0.15) is 61.0 Å². The predicted molar refractivity (Wildman–Crippen MR) is 60.6 cm³/mol. The van der Waals surface area contributed by atoms with Crippen LogP contribution in [-0.2, 0) is 0 Å². The average molecular weight is 235 g/mol. The molecule has 1 aromatic rings. The van der Waals surface area contributed by atoms with E-state index in [-0.39, 0.29) is 11.8 Å². The maximum absolute atomic E-state index is 11.8. The third-order valence-electron chi connectivity index (χ3n) is 3.60. The van der Waals surface area contributed by atoms with Crippen LogP contribution < -0.4 is 5.32 Å². The van der Waals surface area contributed by atoms with Gasteiger partial charge in [-0.15, -0.1) is 0 Å². The molecule has 2 saturated carbocycles. The van der Waals surface area contributed by atoms with E-state index >= 15 is 0 Å². The van der Waals surface area contributed by atoms with E-state index in [0.717, 1.165) is 19.4 Å². The molecule has 1 aromatic heterocycles. The van der Waals surface area contributed by atoms with Crippen LogP contribution in [-0.4, -0.2) is 22.6 Å². The highest BCUT2D eigenvalue weighted by Crippen LogP contribution is 2.38. The minimum absolute atomic E-state index is 0.116. The first kappa shape index (κ1) is 10.7. The highest BCUT2D eigenvalue weighted by atomic mass is 16.5. The lowest BCUT2D eigenvalue weighted by Crippen LogP contribution is -2.28. The largest absolute Gasteiger partial charge is 0.348 e. The molecule has 2 aliphatic rings. The second-order valence-corrected chi connectivity index (χ2v) is 5.09. The van der Waals surface area contributed by atoms with Gasteiger partial charge in [-0.1, -0.05) is 18.0 Å². The molecule has 0 unspecified atom stereocenters. The van der Waals surface area contributed by atoms with Gasteiger partial charge in [-0.2, -0.15) is 4.98 Å². The Bertz CT molecular complexity index is 406. The van der Waals surface area contributed by atoms with Crippen LogP contribution in [0.15, 0.2) is 4.52 Å². The summed E-state index contributed by atoms with van der Waals surface area (Å²) in [5.74, 6) is 1.64. The van der Waals surface area contributed by atoms with Crippen molar-refractivity contribution in [2.75, 3.05) is 6.54 Å². The number of hydrogen-bond donors (Lipinski definition) is 1. The number of nitrogens with zero attached hydrogens (tertiary/aromatic N) is 2. The summed E-state index contributed by atoms with van der Waals surface area (Å²) in [5, 5.41) is 6.71. The van der Waals surface area contributed by atoms with Crippen molar-refractivity contribution >= 4 is 5.91 Å². The zero-order valence-electron chi connectivity index (χ0n) is 9.82. The molecule has 5 nitrogen and oxygen atoms in total. The Kier molecular flexibility index (Phi) is 2.82. The Hall–Kier alpha value is -1.39. The van der Waals surface area contributed by atoms with Crippen LogP contribution in [0.3, 0.4) is 0 Å². The van der Waals surface area contributed by atoms with Crippen LogP contribution in [0.5, 0.6) is 0 Å². The van der Waals surface area contributed by atoms with Gasteiger partial charge in [0, 0.05) is 12.5 Å². The van der Waals surface area contributed by atoms with Gasteiger partial charge in [0.2, 0.25) is 0 Å². The van der Waals surface area contributed by atoms with E-state index in [1.54, 1.807) is 0 Å². The van der Waals surface area contributed by atoms with E-state index in [1.165, 1.54) is 25.7 Å². The predicted octanol–water partition coefficient (Wildman–Crippen LogP) is 1.87. The molecule has 2 fully saturated rings. The minimum atomic E-state index is -0.226. The van der Waals surface area contributed by atoms with E-state index in [2.05, 4.69) is 15.5 Å². The molecule has 1 amide bonds. The molecule has 0 aliphatic heterocycles. The summed E-state index contributed by atoms with van der Waals surface area (Å²) in [6, 6.07) is 0. The van der Waals surface area contributed by atoms with Gasteiger partial charge >= 0.3 is 11.8 Å². The third kappa shape index (κ3) is 2.48. The molecule has 92 valence electrons. The van der Waals surface area contributed by atoms with Crippen molar-refractivity contribution < 1.29 is 9.32 Å². The Morgan fingerprint density at radius 3 is 2.76 bits per heavy atom. The van der Waals surface area contributed by atoms with Gasteiger partial charge in [-0.25, -0.2) is 0 Å². The van der Waals surface area contributed by atoms with Crippen LogP contribution in [0.25, 0.3) is 0 Å². The molecule has 2 aliphatic carbocycles. The molecule has 1 heterocycles. The molecular weight excluding hydrogens is 218 g/mol. The fraction of sp³-hybridized carbons (Fsp3) is 0.750. The smallest absolute Gasteiger partial charge is 0.315 e. The highest BCUT2D eigenvalue weighted by molar-refractivity contribution is 5.89. The summed E-state index contributed by atoms with van der Waals surface area (Å²) >= 11 is 0. The van der Waals surface area contributed by atoms with Crippen molar-refractivity contribution in [3.05, 3.63) is 11.7 Å². The zero-order valence-corrected chi connectivity index (χ0v) is 9.82. The maximum atomic E-state index is 11.8. The quantitative estimate of drug-likeness (QED) is 0.865. The van der Waals surface area contributed by atoms with Gasteiger partial charge in [0.25, 0.3) is 0 Å². The Morgan fingerprint density at radius 2 is 2.06 bits per heavy atom. The van der Waals surface area contributed by atoms with Gasteiger partial charge in [0.15, 0.2) is 5.82 Å². The van der Waals surface area contributed by atoms with E-state index < -0.39 is 0 Å². The normalized spacial score (nSPS) is 20.7. The lowest BCUT2D eigenvalue weighted by molar-refractivity contribution is 0.0903. The van der Waals surface area contributed by atoms with Crippen molar-refractivity contribution in [3.8, 4) is 0 Å². The zero-order chi connectivity index (χ0) is 11.7. The monoisotopic (exact) mass is 235 g/mol. The van der Waals surface area contributed by atoms with E-state index in [9.17, 15) is 4.79 Å². The first-order valence-corrected chi connectivity index (χ1v) is 6.45. The molecule has 0 atom stereocenters. The number of rotatable bonds is 4. The number of aromatic nitrogens is 2. The maximum Gasteiger partial charge on any atom is 0.315 e.